The molecule has 0 unspecified atom stereocenters. The Morgan fingerprint density at radius 2 is 1.44 bits per heavy atom. The number of piperazine rings is 1. The van der Waals surface area contributed by atoms with E-state index in [1.165, 1.54) is 19.8 Å². The fourth-order valence-electron chi connectivity index (χ4n) is 9.37. The fourth-order valence-corrected chi connectivity index (χ4v) is 9.37. The monoisotopic (exact) mass is 683 g/mol. The van der Waals surface area contributed by atoms with Crippen molar-refractivity contribution in [3.63, 3.8) is 0 Å². The second-order valence-electron chi connectivity index (χ2n) is 13.7. The molecule has 50 heavy (non-hydrogen) atoms. The summed E-state index contributed by atoms with van der Waals surface area (Å²) in [4.78, 5) is 18.2. The average molecular weight is 684 g/mol. The van der Waals surface area contributed by atoms with Crippen LogP contribution >= 0.6 is 0 Å². The number of rotatable bonds is 7. The predicted octanol–water partition coefficient (Wildman–Crippen LogP) is 3.35. The van der Waals surface area contributed by atoms with E-state index in [-0.39, 0.29) is 41.8 Å². The van der Waals surface area contributed by atoms with E-state index in [9.17, 15) is 20.3 Å². The molecule has 4 N–H and O–H groups in total. The van der Waals surface area contributed by atoms with Gasteiger partial charge in [0.1, 0.15) is 17.5 Å². The zero-order valence-electron chi connectivity index (χ0n) is 29.6. The van der Waals surface area contributed by atoms with Gasteiger partial charge in [-0.3, -0.25) is 14.6 Å². The van der Waals surface area contributed by atoms with Crippen LogP contribution in [0.4, 0.5) is 0 Å². The Balaban J connectivity index is 1.37. The summed E-state index contributed by atoms with van der Waals surface area (Å²) in [6, 6.07) is 7.93. The molecule has 3 aromatic carbocycles. The van der Waals surface area contributed by atoms with Crippen LogP contribution in [-0.4, -0.2) is 92.1 Å². The third kappa shape index (κ3) is 4.86. The van der Waals surface area contributed by atoms with Crippen LogP contribution in [0.1, 0.15) is 56.6 Å². The van der Waals surface area contributed by atoms with Crippen LogP contribution in [-0.2, 0) is 30.6 Å². The minimum absolute atomic E-state index is 0.0359. The molecule has 12 heteroatoms. The van der Waals surface area contributed by atoms with E-state index in [2.05, 4.69) is 38.6 Å². The van der Waals surface area contributed by atoms with Crippen LogP contribution in [0.5, 0.6) is 34.5 Å². The summed E-state index contributed by atoms with van der Waals surface area (Å²) < 4.78 is 23.4. The Bertz CT molecular complexity index is 1910. The van der Waals surface area contributed by atoms with Gasteiger partial charge in [-0.1, -0.05) is 24.3 Å². The number of methoxy groups -OCH3 is 4. The number of ether oxygens (including phenoxy) is 4. The second-order valence-corrected chi connectivity index (χ2v) is 13.7. The number of nitrogens with zero attached hydrogens (tertiary/aromatic N) is 3. The van der Waals surface area contributed by atoms with E-state index in [1.807, 2.05) is 33.0 Å². The molecule has 12 nitrogen and oxygen atoms in total. The number of hydrogen-bond acceptors (Lipinski definition) is 11. The highest BCUT2D eigenvalue weighted by atomic mass is 16.5. The molecule has 7 rings (SSSR count). The minimum Gasteiger partial charge on any atom is -0.504 e. The van der Waals surface area contributed by atoms with Gasteiger partial charge < -0.3 is 39.8 Å². The van der Waals surface area contributed by atoms with Crippen molar-refractivity contribution in [2.75, 3.05) is 42.0 Å². The van der Waals surface area contributed by atoms with Crippen molar-refractivity contribution in [1.82, 2.24) is 20.4 Å². The van der Waals surface area contributed by atoms with Gasteiger partial charge in [0.2, 0.25) is 5.91 Å². The van der Waals surface area contributed by atoms with Crippen LogP contribution in [0.3, 0.4) is 0 Å². The largest absolute Gasteiger partial charge is 0.504 e. The predicted molar refractivity (Wildman–Crippen MR) is 185 cm³/mol. The summed E-state index contributed by atoms with van der Waals surface area (Å²) in [6.45, 7) is 4.41. The number of nitrogens with one attached hydrogen (secondary N) is 2. The molecule has 0 saturated carbocycles. The molecule has 3 aromatic rings. The quantitative estimate of drug-likeness (QED) is 0.291. The number of aromatic hydroxyl groups is 2. The molecular formula is C38H45N5O7. The number of fused-ring (bicyclic) bond motifs is 8. The number of phenols is 2. The summed E-state index contributed by atoms with van der Waals surface area (Å²) in [7, 11) is 8.23. The van der Waals surface area contributed by atoms with Gasteiger partial charge in [0.15, 0.2) is 23.0 Å². The number of carbonyl (C=O) groups is 1. The molecule has 0 aliphatic carbocycles. The minimum atomic E-state index is -0.643. The number of benzene rings is 3. The van der Waals surface area contributed by atoms with Gasteiger partial charge in [-0.05, 0) is 51.3 Å². The first kappa shape index (κ1) is 33.8. The summed E-state index contributed by atoms with van der Waals surface area (Å²) in [5.41, 5.74) is 6.54. The van der Waals surface area contributed by atoms with E-state index in [1.54, 1.807) is 14.2 Å². The summed E-state index contributed by atoms with van der Waals surface area (Å²) in [5.74, 6) is 1.70. The van der Waals surface area contributed by atoms with Crippen LogP contribution in [0.15, 0.2) is 24.3 Å². The normalized spacial score (nSPS) is 25.2. The molecular weight excluding hydrogens is 638 g/mol. The Labute approximate surface area is 292 Å². The topological polar surface area (TPSA) is 149 Å². The highest BCUT2D eigenvalue weighted by molar-refractivity contribution is 5.82. The van der Waals surface area contributed by atoms with Gasteiger partial charge in [-0.25, -0.2) is 0 Å². The number of phenolic OH excluding ortho intramolecular Hbond substituents is 2. The van der Waals surface area contributed by atoms with Gasteiger partial charge in [0.05, 0.1) is 52.6 Å². The third-order valence-corrected chi connectivity index (χ3v) is 11.5. The number of nitriles is 1. The first-order valence-electron chi connectivity index (χ1n) is 17.0. The van der Waals surface area contributed by atoms with Crippen molar-refractivity contribution in [2.45, 2.75) is 75.9 Å². The van der Waals surface area contributed by atoms with E-state index >= 15 is 0 Å². The van der Waals surface area contributed by atoms with E-state index in [0.717, 1.165) is 16.7 Å². The Morgan fingerprint density at radius 3 is 2.04 bits per heavy atom. The van der Waals surface area contributed by atoms with Gasteiger partial charge in [0, 0.05) is 58.6 Å². The van der Waals surface area contributed by atoms with Crippen molar-refractivity contribution < 1.29 is 34.0 Å². The molecule has 0 aromatic heterocycles. The first-order valence-corrected chi connectivity index (χ1v) is 17.0. The molecule has 1 amide bonds. The molecule has 4 aliphatic rings. The molecule has 0 radical (unpaired) electrons. The van der Waals surface area contributed by atoms with Gasteiger partial charge in [0.25, 0.3) is 0 Å². The fraction of sp³-hybridized carbons (Fsp3) is 0.474. The lowest BCUT2D eigenvalue weighted by Crippen LogP contribution is -2.69. The van der Waals surface area contributed by atoms with Crippen LogP contribution in [0.25, 0.3) is 0 Å². The molecule has 264 valence electrons. The summed E-state index contributed by atoms with van der Waals surface area (Å²) in [5, 5.41) is 41.3. The lowest BCUT2D eigenvalue weighted by Gasteiger charge is -2.60. The lowest BCUT2D eigenvalue weighted by atomic mass is 9.71. The first-order chi connectivity index (χ1) is 24.1. The van der Waals surface area contributed by atoms with Crippen molar-refractivity contribution in [2.24, 2.45) is 0 Å². The molecule has 1 saturated heterocycles. The Kier molecular flexibility index (Phi) is 8.70. The van der Waals surface area contributed by atoms with Crippen molar-refractivity contribution in [3.8, 4) is 40.6 Å². The van der Waals surface area contributed by atoms with Crippen molar-refractivity contribution >= 4 is 5.91 Å². The molecule has 0 spiro atoms. The van der Waals surface area contributed by atoms with Crippen LogP contribution < -0.4 is 29.6 Å². The third-order valence-electron chi connectivity index (χ3n) is 11.5. The van der Waals surface area contributed by atoms with Gasteiger partial charge in [-0.15, -0.1) is 0 Å². The van der Waals surface area contributed by atoms with Crippen LogP contribution in [0, 0.1) is 25.2 Å². The van der Waals surface area contributed by atoms with Gasteiger partial charge >= 0.3 is 0 Å². The smallest absolute Gasteiger partial charge is 0.237 e. The SMILES string of the molecule is COc1c(C)c(OC)c2c(c1O)[C@@H]1[C@@H]3Cc4c(OC)c(C)c(OC)c(O)c4[C@H](CNC(=O)[C@@H]4Cc5ccccc5CN4)N3[C@@H](C#N)[C@H](C2)N1C. The average Bonchev–Trinajstić information content (AvgIpc) is 3.11. The number of hydrogen-bond donors (Lipinski definition) is 4. The molecule has 2 bridgehead atoms. The second kappa shape index (κ2) is 12.9. The Morgan fingerprint density at radius 1 is 0.880 bits per heavy atom. The summed E-state index contributed by atoms with van der Waals surface area (Å²) >= 11 is 0. The molecule has 4 heterocycles. The molecule has 6 atom stereocenters. The van der Waals surface area contributed by atoms with Gasteiger partial charge in [-0.2, -0.15) is 5.26 Å². The molecule has 4 aliphatic heterocycles. The van der Waals surface area contributed by atoms with E-state index in [4.69, 9.17) is 18.9 Å². The summed E-state index contributed by atoms with van der Waals surface area (Å²) in [6.07, 6.45) is 1.38. The maximum atomic E-state index is 13.9. The number of likely N-dealkylation sites (N-methyl/N-ethyl adjacent to an activating group) is 1. The van der Waals surface area contributed by atoms with Crippen molar-refractivity contribution in [1.29, 1.82) is 5.26 Å². The Hall–Kier alpha value is -4.70. The molecule has 1 fully saturated rings. The lowest BCUT2D eigenvalue weighted by molar-refractivity contribution is -0.124. The van der Waals surface area contributed by atoms with Crippen molar-refractivity contribution in [3.05, 3.63) is 68.8 Å². The van der Waals surface area contributed by atoms with Crippen LogP contribution in [0.2, 0.25) is 0 Å². The number of amides is 1. The number of carbonyl (C=O) groups excluding carboxylic acids is 1. The standard InChI is InChI=1S/C38H45N5O7/c1-18-34(47-4)22-14-26-31-30-23(35(48-5)19(2)37(50-7)33(30)45)13-25(42(31)3)27(15-39)43(26)28(29(22)32(44)36(18)49-6)17-41-38(46)24-12-20-10-8-9-11-21(20)16-40-24/h8-11,24-28,31,40,44-45H,12-14,16-17H2,1-7H3,(H,41,46)/t24-,25-,26-,27-,28-,31-/m0/s1. The highest BCUT2D eigenvalue weighted by Crippen LogP contribution is 2.58. The maximum absolute atomic E-state index is 13.9. The zero-order chi connectivity index (χ0) is 35.6. The maximum Gasteiger partial charge on any atom is 0.237 e. The highest BCUT2D eigenvalue weighted by Gasteiger charge is 2.57. The van der Waals surface area contributed by atoms with E-state index in [0.29, 0.717) is 65.3 Å². The van der Waals surface area contributed by atoms with E-state index < -0.39 is 24.2 Å². The zero-order valence-corrected chi connectivity index (χ0v) is 29.6.